The third-order valence-corrected chi connectivity index (χ3v) is 5.05. The van der Waals surface area contributed by atoms with Crippen molar-refractivity contribution >= 4 is 15.9 Å². The van der Waals surface area contributed by atoms with Crippen molar-refractivity contribution in [2.24, 2.45) is 0 Å². The number of sulfonamides is 1. The van der Waals surface area contributed by atoms with Crippen LogP contribution in [-0.4, -0.2) is 19.3 Å². The van der Waals surface area contributed by atoms with Gasteiger partial charge in [0.2, 0.25) is 15.9 Å². The van der Waals surface area contributed by atoms with Gasteiger partial charge in [-0.3, -0.25) is 14.5 Å². The zero-order chi connectivity index (χ0) is 16.3. The third kappa shape index (κ3) is 3.54. The van der Waals surface area contributed by atoms with Gasteiger partial charge in [-0.2, -0.15) is 0 Å². The maximum atomic E-state index is 12.3. The molecule has 0 aliphatic carbocycles. The predicted octanol–water partition coefficient (Wildman–Crippen LogP) is 2.29. The van der Waals surface area contributed by atoms with Gasteiger partial charge in [0, 0.05) is 6.20 Å². The van der Waals surface area contributed by atoms with Crippen molar-refractivity contribution < 1.29 is 17.6 Å². The Morgan fingerprint density at radius 2 is 1.95 bits per heavy atom. The van der Waals surface area contributed by atoms with Crippen LogP contribution >= 0.6 is 0 Å². The van der Waals surface area contributed by atoms with E-state index in [1.54, 1.807) is 44.2 Å². The monoisotopic (exact) mass is 322 g/mol. The summed E-state index contributed by atoms with van der Waals surface area (Å²) in [6, 6.07) is 8.39. The molecule has 0 radical (unpaired) electrons. The Kier molecular flexibility index (Phi) is 4.65. The fourth-order valence-corrected chi connectivity index (χ4v) is 3.00. The lowest BCUT2D eigenvalue weighted by Gasteiger charge is -2.15. The van der Waals surface area contributed by atoms with E-state index in [2.05, 4.69) is 9.71 Å². The number of hydrogen-bond donors (Lipinski definition) is 1. The maximum absolute atomic E-state index is 12.3. The van der Waals surface area contributed by atoms with Crippen LogP contribution in [0.2, 0.25) is 0 Å². The van der Waals surface area contributed by atoms with E-state index >= 15 is 0 Å². The highest BCUT2D eigenvalue weighted by Crippen LogP contribution is 2.21. The molecule has 2 aromatic rings. The highest BCUT2D eigenvalue weighted by atomic mass is 32.2. The summed E-state index contributed by atoms with van der Waals surface area (Å²) < 4.78 is 32.0. The SMILES string of the molecule is Cc1ccc(C(C)C(=O)NS(=O)(=O)C(C)c2ccccn2)o1. The average Bonchev–Trinajstić information content (AvgIpc) is 2.92. The molecule has 6 nitrogen and oxygen atoms in total. The number of carbonyl (C=O) groups is 1. The Balaban J connectivity index is 2.13. The number of rotatable bonds is 5. The fourth-order valence-electron chi connectivity index (χ4n) is 1.91. The Labute approximate surface area is 129 Å². The van der Waals surface area contributed by atoms with Gasteiger partial charge in [0.15, 0.2) is 0 Å². The van der Waals surface area contributed by atoms with E-state index in [4.69, 9.17) is 4.42 Å². The zero-order valence-electron chi connectivity index (χ0n) is 12.6. The van der Waals surface area contributed by atoms with Crippen LogP contribution in [0.1, 0.15) is 42.2 Å². The molecule has 2 unspecified atom stereocenters. The first-order chi connectivity index (χ1) is 10.3. The van der Waals surface area contributed by atoms with E-state index in [0.29, 0.717) is 17.2 Å². The molecule has 2 rings (SSSR count). The molecular formula is C15H18N2O4S. The van der Waals surface area contributed by atoms with E-state index in [9.17, 15) is 13.2 Å². The summed E-state index contributed by atoms with van der Waals surface area (Å²) in [4.78, 5) is 16.1. The van der Waals surface area contributed by atoms with Crippen molar-refractivity contribution in [1.82, 2.24) is 9.71 Å². The topological polar surface area (TPSA) is 89.3 Å². The van der Waals surface area contributed by atoms with Gasteiger partial charge in [-0.05, 0) is 45.0 Å². The smallest absolute Gasteiger partial charge is 0.243 e. The summed E-state index contributed by atoms with van der Waals surface area (Å²) in [6.07, 6.45) is 1.51. The molecule has 22 heavy (non-hydrogen) atoms. The molecule has 1 N–H and O–H groups in total. The van der Waals surface area contributed by atoms with Crippen LogP contribution in [0.4, 0.5) is 0 Å². The van der Waals surface area contributed by atoms with Gasteiger partial charge in [0.25, 0.3) is 0 Å². The highest BCUT2D eigenvalue weighted by Gasteiger charge is 2.29. The quantitative estimate of drug-likeness (QED) is 0.912. The zero-order valence-corrected chi connectivity index (χ0v) is 13.4. The van der Waals surface area contributed by atoms with Gasteiger partial charge in [-0.15, -0.1) is 0 Å². The van der Waals surface area contributed by atoms with Crippen molar-refractivity contribution in [3.8, 4) is 0 Å². The van der Waals surface area contributed by atoms with Crippen LogP contribution < -0.4 is 4.72 Å². The van der Waals surface area contributed by atoms with Crippen molar-refractivity contribution in [3.05, 3.63) is 53.7 Å². The van der Waals surface area contributed by atoms with E-state index in [-0.39, 0.29) is 0 Å². The minimum absolute atomic E-state index is 0.379. The van der Waals surface area contributed by atoms with Gasteiger partial charge in [0.05, 0.1) is 11.6 Å². The average molecular weight is 322 g/mol. The van der Waals surface area contributed by atoms with Gasteiger partial charge < -0.3 is 4.42 Å². The molecule has 2 aromatic heterocycles. The van der Waals surface area contributed by atoms with Crippen LogP contribution in [0.15, 0.2) is 40.9 Å². The summed E-state index contributed by atoms with van der Waals surface area (Å²) in [6.45, 7) is 4.84. The van der Waals surface area contributed by atoms with Crippen LogP contribution in [0, 0.1) is 6.92 Å². The molecule has 0 aliphatic heterocycles. The number of nitrogens with zero attached hydrogens (tertiary/aromatic N) is 1. The van der Waals surface area contributed by atoms with Crippen molar-refractivity contribution in [3.63, 3.8) is 0 Å². The summed E-state index contributed by atoms with van der Waals surface area (Å²) in [5.41, 5.74) is 0.379. The first kappa shape index (κ1) is 16.2. The van der Waals surface area contributed by atoms with Gasteiger partial charge in [0.1, 0.15) is 16.8 Å². The molecule has 0 saturated heterocycles. The number of carbonyl (C=O) groups excluding carboxylic acids is 1. The molecule has 0 saturated carbocycles. The molecule has 2 atom stereocenters. The fraction of sp³-hybridized carbons (Fsp3) is 0.333. The number of pyridine rings is 1. The third-order valence-electron chi connectivity index (χ3n) is 3.39. The largest absolute Gasteiger partial charge is 0.466 e. The van der Waals surface area contributed by atoms with Crippen LogP contribution in [0.3, 0.4) is 0 Å². The minimum Gasteiger partial charge on any atom is -0.466 e. The molecule has 0 spiro atoms. The first-order valence-electron chi connectivity index (χ1n) is 6.84. The van der Waals surface area contributed by atoms with Gasteiger partial charge in [-0.1, -0.05) is 6.07 Å². The highest BCUT2D eigenvalue weighted by molar-refractivity contribution is 7.90. The molecule has 1 amide bonds. The number of amides is 1. The van der Waals surface area contributed by atoms with Crippen LogP contribution in [0.25, 0.3) is 0 Å². The van der Waals surface area contributed by atoms with E-state index in [1.165, 1.54) is 13.1 Å². The summed E-state index contributed by atoms with van der Waals surface area (Å²) in [5.74, 6) is -0.230. The Bertz CT molecular complexity index is 753. The van der Waals surface area contributed by atoms with E-state index in [0.717, 1.165) is 0 Å². The Morgan fingerprint density at radius 3 is 2.50 bits per heavy atom. The molecule has 0 aromatic carbocycles. The minimum atomic E-state index is -3.86. The Hall–Kier alpha value is -2.15. The molecule has 118 valence electrons. The lowest BCUT2D eigenvalue weighted by atomic mass is 10.1. The molecule has 2 heterocycles. The van der Waals surface area contributed by atoms with Crippen LogP contribution in [0.5, 0.6) is 0 Å². The number of nitrogens with one attached hydrogen (secondary N) is 1. The lowest BCUT2D eigenvalue weighted by Crippen LogP contribution is -2.36. The summed E-state index contributed by atoms with van der Waals surface area (Å²) in [7, 11) is -3.86. The summed E-state index contributed by atoms with van der Waals surface area (Å²) >= 11 is 0. The molecule has 0 aliphatic rings. The maximum Gasteiger partial charge on any atom is 0.243 e. The number of hydrogen-bond acceptors (Lipinski definition) is 5. The first-order valence-corrected chi connectivity index (χ1v) is 8.38. The van der Waals surface area contributed by atoms with Gasteiger partial charge in [-0.25, -0.2) is 8.42 Å². The summed E-state index contributed by atoms with van der Waals surface area (Å²) in [5, 5.41) is -0.928. The molecular weight excluding hydrogens is 304 g/mol. The molecule has 0 fully saturated rings. The molecule has 7 heteroatoms. The van der Waals surface area contributed by atoms with Crippen molar-refractivity contribution in [2.75, 3.05) is 0 Å². The van der Waals surface area contributed by atoms with E-state index in [1.807, 2.05) is 0 Å². The number of aryl methyl sites for hydroxylation is 1. The van der Waals surface area contributed by atoms with Crippen LogP contribution in [-0.2, 0) is 14.8 Å². The van der Waals surface area contributed by atoms with E-state index < -0.39 is 27.1 Å². The predicted molar refractivity (Wildman–Crippen MR) is 81.6 cm³/mol. The standard InChI is InChI=1S/C15H18N2O4S/c1-10-7-8-14(21-10)11(2)15(18)17-22(19,20)12(3)13-6-4-5-9-16-13/h4-9,11-12H,1-3H3,(H,17,18). The number of aromatic nitrogens is 1. The van der Waals surface area contributed by atoms with Crippen molar-refractivity contribution in [1.29, 1.82) is 0 Å². The second-order valence-corrected chi connectivity index (χ2v) is 7.08. The lowest BCUT2D eigenvalue weighted by molar-refractivity contribution is -0.120. The second-order valence-electron chi connectivity index (χ2n) is 5.08. The van der Waals surface area contributed by atoms with Crippen molar-refractivity contribution in [2.45, 2.75) is 31.9 Å². The number of furan rings is 1. The molecule has 0 bridgehead atoms. The van der Waals surface area contributed by atoms with Gasteiger partial charge >= 0.3 is 0 Å². The second kappa shape index (κ2) is 6.31. The Morgan fingerprint density at radius 1 is 1.23 bits per heavy atom. The normalized spacial score (nSPS) is 14.3.